The van der Waals surface area contributed by atoms with Crippen LogP contribution in [-0.2, 0) is 25.6 Å². The second-order valence-corrected chi connectivity index (χ2v) is 7.97. The van der Waals surface area contributed by atoms with Gasteiger partial charge in [-0.15, -0.1) is 0 Å². The van der Waals surface area contributed by atoms with E-state index in [1.54, 1.807) is 0 Å². The topological polar surface area (TPSA) is 158 Å². The van der Waals surface area contributed by atoms with E-state index in [1.807, 2.05) is 6.92 Å². The first-order valence-electron chi connectivity index (χ1n) is 7.33. The van der Waals surface area contributed by atoms with Gasteiger partial charge in [-0.1, -0.05) is 6.92 Å². The Labute approximate surface area is 148 Å². The van der Waals surface area contributed by atoms with Crippen LogP contribution >= 0.6 is 6.72 Å². The van der Waals surface area contributed by atoms with Crippen molar-refractivity contribution < 1.29 is 23.8 Å². The molecule has 2 unspecified atom stereocenters. The van der Waals surface area contributed by atoms with Crippen molar-refractivity contribution in [3.63, 3.8) is 0 Å². The van der Waals surface area contributed by atoms with Crippen molar-refractivity contribution in [3.8, 4) is 0 Å². The summed E-state index contributed by atoms with van der Waals surface area (Å²) >= 11 is 4.76. The molecule has 0 amide bonds. The number of imidazole rings is 1. The predicted molar refractivity (Wildman–Crippen MR) is 93.3 cm³/mol. The first-order valence-corrected chi connectivity index (χ1v) is 9.92. The van der Waals surface area contributed by atoms with E-state index in [9.17, 15) is 14.8 Å². The standard InChI is InChI=1S/C12H20N5O6PS/c1-3-7(5-22-24(20,25)21-2)23-8(4-18)17-6-14-9-10(17)15-12(13)16-11(9)19/h6-8,18H,3-5H2,1-2H3,(H,20,25)(H3,13,15,16,19)/t7?,8-,24?/m1/s1. The number of aliphatic hydroxyl groups is 1. The number of anilines is 1. The van der Waals surface area contributed by atoms with Crippen molar-refractivity contribution in [3.05, 3.63) is 16.7 Å². The van der Waals surface area contributed by atoms with Gasteiger partial charge < -0.3 is 29.5 Å². The van der Waals surface area contributed by atoms with Crippen molar-refractivity contribution in [2.45, 2.75) is 25.7 Å². The maximum Gasteiger partial charge on any atom is 0.324 e. The van der Waals surface area contributed by atoms with Crippen LogP contribution in [-0.4, -0.2) is 55.9 Å². The minimum atomic E-state index is -3.31. The van der Waals surface area contributed by atoms with Crippen LogP contribution in [0.15, 0.2) is 11.1 Å². The fourth-order valence-electron chi connectivity index (χ4n) is 2.06. The van der Waals surface area contributed by atoms with Crippen LogP contribution in [0.4, 0.5) is 5.95 Å². The van der Waals surface area contributed by atoms with Gasteiger partial charge in [0.15, 0.2) is 17.4 Å². The summed E-state index contributed by atoms with van der Waals surface area (Å²) in [5, 5.41) is 9.67. The molecule has 0 saturated heterocycles. The highest BCUT2D eigenvalue weighted by atomic mass is 32.5. The summed E-state index contributed by atoms with van der Waals surface area (Å²) in [5.41, 5.74) is 5.32. The molecule has 11 nitrogen and oxygen atoms in total. The van der Waals surface area contributed by atoms with Gasteiger partial charge >= 0.3 is 6.72 Å². The molecular formula is C12H20N5O6PS. The van der Waals surface area contributed by atoms with Crippen LogP contribution in [0, 0.1) is 0 Å². The van der Waals surface area contributed by atoms with Crippen molar-refractivity contribution in [2.75, 3.05) is 26.1 Å². The van der Waals surface area contributed by atoms with Gasteiger partial charge in [0.2, 0.25) is 5.95 Å². The molecule has 2 aromatic rings. The highest BCUT2D eigenvalue weighted by molar-refractivity contribution is 8.07. The number of nitrogen functional groups attached to an aromatic ring is 1. The summed E-state index contributed by atoms with van der Waals surface area (Å²) in [4.78, 5) is 31.8. The number of fused-ring (bicyclic) bond motifs is 1. The second-order valence-electron chi connectivity index (χ2n) is 5.03. The van der Waals surface area contributed by atoms with Crippen molar-refractivity contribution in [1.82, 2.24) is 19.5 Å². The fourth-order valence-corrected chi connectivity index (χ4v) is 2.70. The SMILES string of the molecule is CCC(COP(O)(=S)OC)O[C@H](CO)n1cnc2c(=O)[nH]c(N)nc21. The largest absolute Gasteiger partial charge is 0.392 e. The van der Waals surface area contributed by atoms with Gasteiger partial charge in [0.25, 0.3) is 5.56 Å². The number of ether oxygens (including phenoxy) is 1. The van der Waals surface area contributed by atoms with Crippen molar-refractivity contribution in [2.24, 2.45) is 0 Å². The summed E-state index contributed by atoms with van der Waals surface area (Å²) in [6.07, 6.45) is 0.454. The monoisotopic (exact) mass is 393 g/mol. The molecule has 0 saturated carbocycles. The Hall–Kier alpha value is -1.40. The van der Waals surface area contributed by atoms with E-state index in [2.05, 4.69) is 15.0 Å². The van der Waals surface area contributed by atoms with E-state index in [1.165, 1.54) is 18.0 Å². The lowest BCUT2D eigenvalue weighted by Crippen LogP contribution is -2.27. The zero-order chi connectivity index (χ0) is 18.6. The van der Waals surface area contributed by atoms with Gasteiger partial charge in [-0.25, -0.2) is 4.98 Å². The molecule has 0 aliphatic heterocycles. The third-order valence-electron chi connectivity index (χ3n) is 3.38. The highest BCUT2D eigenvalue weighted by Crippen LogP contribution is 2.42. The Bertz CT molecular complexity index is 826. The predicted octanol–water partition coefficient (Wildman–Crippen LogP) is -0.132. The average molecular weight is 393 g/mol. The van der Waals surface area contributed by atoms with Gasteiger partial charge in [0.1, 0.15) is 0 Å². The van der Waals surface area contributed by atoms with Crippen LogP contribution in [0.5, 0.6) is 0 Å². The van der Waals surface area contributed by atoms with Crippen LogP contribution in [0.25, 0.3) is 11.2 Å². The van der Waals surface area contributed by atoms with Crippen LogP contribution in [0.1, 0.15) is 19.6 Å². The Morgan fingerprint density at radius 3 is 2.88 bits per heavy atom. The molecule has 3 atom stereocenters. The normalized spacial score (nSPS) is 16.6. The van der Waals surface area contributed by atoms with E-state index in [-0.39, 0.29) is 23.7 Å². The number of hydrogen-bond donors (Lipinski definition) is 4. The van der Waals surface area contributed by atoms with E-state index in [0.29, 0.717) is 6.42 Å². The fraction of sp³-hybridized carbons (Fsp3) is 0.583. The maximum absolute atomic E-state index is 11.8. The van der Waals surface area contributed by atoms with Gasteiger partial charge in [0, 0.05) is 7.11 Å². The molecule has 0 fully saturated rings. The summed E-state index contributed by atoms with van der Waals surface area (Å²) in [6, 6.07) is 0. The van der Waals surface area contributed by atoms with Crippen molar-refractivity contribution in [1.29, 1.82) is 0 Å². The Morgan fingerprint density at radius 2 is 2.28 bits per heavy atom. The number of nitrogens with zero attached hydrogens (tertiary/aromatic N) is 3. The molecule has 25 heavy (non-hydrogen) atoms. The lowest BCUT2D eigenvalue weighted by atomic mass is 10.3. The molecule has 2 heterocycles. The number of hydrogen-bond acceptors (Lipinski definition) is 9. The third kappa shape index (κ3) is 4.82. The lowest BCUT2D eigenvalue weighted by molar-refractivity contribution is -0.0934. The van der Waals surface area contributed by atoms with Crippen LogP contribution in [0.3, 0.4) is 0 Å². The summed E-state index contributed by atoms with van der Waals surface area (Å²) in [7, 11) is 1.25. The van der Waals surface area contributed by atoms with E-state index in [0.717, 1.165) is 0 Å². The number of rotatable bonds is 9. The van der Waals surface area contributed by atoms with Gasteiger partial charge in [-0.3, -0.25) is 14.3 Å². The minimum Gasteiger partial charge on any atom is -0.392 e. The minimum absolute atomic E-state index is 0.0304. The molecule has 0 aromatic carbocycles. The van der Waals surface area contributed by atoms with Crippen LogP contribution in [0.2, 0.25) is 0 Å². The summed E-state index contributed by atoms with van der Waals surface area (Å²) in [5.74, 6) is -0.0765. The molecule has 140 valence electrons. The molecule has 0 spiro atoms. The first-order chi connectivity index (χ1) is 11.8. The molecule has 0 bridgehead atoms. The lowest BCUT2D eigenvalue weighted by Gasteiger charge is -2.25. The highest BCUT2D eigenvalue weighted by Gasteiger charge is 2.23. The Balaban J connectivity index is 2.21. The van der Waals surface area contributed by atoms with Crippen LogP contribution < -0.4 is 11.3 Å². The number of nitrogens with two attached hydrogens (primary N) is 1. The molecule has 13 heteroatoms. The van der Waals surface area contributed by atoms with Crippen molar-refractivity contribution >= 4 is 35.6 Å². The molecular weight excluding hydrogens is 373 g/mol. The Kier molecular flexibility index (Phi) is 6.63. The van der Waals surface area contributed by atoms with Gasteiger partial charge in [0.05, 0.1) is 25.6 Å². The van der Waals surface area contributed by atoms with E-state index in [4.69, 9.17) is 31.3 Å². The smallest absolute Gasteiger partial charge is 0.324 e. The summed E-state index contributed by atoms with van der Waals surface area (Å²) < 4.78 is 17.0. The van der Waals surface area contributed by atoms with Gasteiger partial charge in [-0.05, 0) is 18.2 Å². The quantitative estimate of drug-likeness (QED) is 0.423. The summed E-state index contributed by atoms with van der Waals surface area (Å²) in [6.45, 7) is -1.91. The zero-order valence-electron chi connectivity index (χ0n) is 13.7. The molecule has 2 rings (SSSR count). The number of aliphatic hydroxyl groups excluding tert-OH is 1. The Morgan fingerprint density at radius 1 is 1.56 bits per heavy atom. The number of nitrogens with one attached hydrogen (secondary N) is 1. The third-order valence-corrected chi connectivity index (χ3v) is 5.08. The van der Waals surface area contributed by atoms with E-state index >= 15 is 0 Å². The van der Waals surface area contributed by atoms with E-state index < -0.39 is 31.2 Å². The molecule has 5 N–H and O–H groups in total. The molecule has 2 aromatic heterocycles. The molecule has 0 aliphatic rings. The molecule has 0 aliphatic carbocycles. The maximum atomic E-state index is 11.8. The molecule has 0 radical (unpaired) electrons. The van der Waals surface area contributed by atoms with Gasteiger partial charge in [-0.2, -0.15) is 4.98 Å². The number of aromatic amines is 1. The first kappa shape index (κ1) is 19.9. The zero-order valence-corrected chi connectivity index (χ0v) is 15.4. The number of aromatic nitrogens is 4. The second kappa shape index (κ2) is 8.32. The average Bonchev–Trinajstić information content (AvgIpc) is 2.99. The number of H-pyrrole nitrogens is 1.